The number of rotatable bonds is 17. The van der Waals surface area contributed by atoms with Crippen LogP contribution in [0.5, 0.6) is 5.75 Å². The summed E-state index contributed by atoms with van der Waals surface area (Å²) >= 11 is 0. The molecule has 2 rings (SSSR count). The molecule has 0 bridgehead atoms. The highest BCUT2D eigenvalue weighted by atomic mass is 16.5. The Kier molecular flexibility index (Phi) is 14.4. The maximum absolute atomic E-state index is 13.9. The summed E-state index contributed by atoms with van der Waals surface area (Å²) in [5.41, 5.74) is 12.5. The number of likely N-dealkylation sites (N-methyl/N-ethyl adjacent to an activating group) is 1. The zero-order valence-corrected chi connectivity index (χ0v) is 27.7. The number of carbonyl (C=O) groups is 6. The monoisotopic (exact) mass is 643 g/mol. The van der Waals surface area contributed by atoms with Crippen LogP contribution >= 0.6 is 0 Å². The van der Waals surface area contributed by atoms with Crippen molar-refractivity contribution < 1.29 is 38.2 Å². The summed E-state index contributed by atoms with van der Waals surface area (Å²) in [5.74, 6) is -4.05. The third kappa shape index (κ3) is 10.4. The molecule has 46 heavy (non-hydrogen) atoms. The minimum atomic E-state index is -1.08. The van der Waals surface area contributed by atoms with E-state index < -0.39 is 65.5 Å². The Bertz CT molecular complexity index is 1280. The van der Waals surface area contributed by atoms with Crippen molar-refractivity contribution in [3.8, 4) is 5.75 Å². The van der Waals surface area contributed by atoms with Crippen molar-refractivity contribution in [3.05, 3.63) is 42.0 Å². The number of hydrogen-bond donors (Lipinski definition) is 3. The first-order chi connectivity index (χ1) is 21.6. The smallest absolute Gasteiger partial charge is 0.329 e. The van der Waals surface area contributed by atoms with Crippen LogP contribution in [0.4, 0.5) is 0 Å². The summed E-state index contributed by atoms with van der Waals surface area (Å²) in [6, 6.07) is 3.09. The number of nitrogens with zero attached hydrogens (tertiary/aromatic N) is 2. The largest absolute Gasteiger partial charge is 0.497 e. The molecule has 1 aliphatic heterocycles. The number of likely N-dealkylation sites (tertiary alicyclic amines) is 1. The average Bonchev–Trinajstić information content (AvgIpc) is 3.50. The number of esters is 1. The van der Waals surface area contributed by atoms with Gasteiger partial charge in [0.15, 0.2) is 5.78 Å². The molecule has 1 fully saturated rings. The molecule has 0 aliphatic carbocycles. The summed E-state index contributed by atoms with van der Waals surface area (Å²) in [7, 11) is 3.00. The van der Waals surface area contributed by atoms with E-state index in [1.54, 1.807) is 45.0 Å². The highest BCUT2D eigenvalue weighted by molar-refractivity contribution is 6.04. The number of nitrogens with one attached hydrogen (secondary N) is 1. The Hall–Kier alpha value is -4.26. The van der Waals surface area contributed by atoms with Gasteiger partial charge in [0, 0.05) is 20.0 Å². The molecular weight excluding hydrogens is 594 g/mol. The highest BCUT2D eigenvalue weighted by Gasteiger charge is 2.42. The fourth-order valence-corrected chi connectivity index (χ4v) is 5.18. The lowest BCUT2D eigenvalue weighted by atomic mass is 9.92. The normalized spacial score (nSPS) is 17.0. The van der Waals surface area contributed by atoms with Crippen molar-refractivity contribution in [2.75, 3.05) is 27.3 Å². The van der Waals surface area contributed by atoms with Gasteiger partial charge in [0.1, 0.15) is 30.5 Å². The number of amides is 4. The van der Waals surface area contributed by atoms with Gasteiger partial charge in [-0.1, -0.05) is 31.6 Å². The number of ether oxygens (including phenoxy) is 2. The van der Waals surface area contributed by atoms with E-state index in [1.165, 1.54) is 30.9 Å². The Morgan fingerprint density at radius 2 is 1.74 bits per heavy atom. The van der Waals surface area contributed by atoms with Crippen LogP contribution in [0.3, 0.4) is 0 Å². The van der Waals surface area contributed by atoms with Crippen molar-refractivity contribution in [1.82, 2.24) is 15.1 Å². The van der Waals surface area contributed by atoms with E-state index in [0.29, 0.717) is 24.2 Å². The number of Topliss-reactive ketones (excluding diaryl/α,β-unsaturated/α-hetero) is 1. The van der Waals surface area contributed by atoms with Gasteiger partial charge < -0.3 is 36.1 Å². The molecule has 1 aliphatic rings. The fourth-order valence-electron chi connectivity index (χ4n) is 5.18. The van der Waals surface area contributed by atoms with Gasteiger partial charge in [0.05, 0.1) is 25.5 Å². The van der Waals surface area contributed by atoms with Crippen molar-refractivity contribution in [2.45, 2.75) is 84.0 Å². The molecule has 1 aromatic rings. The number of nitrogens with two attached hydrogens (primary N) is 2. The molecule has 0 spiro atoms. The molecule has 0 aromatic heterocycles. The molecule has 13 nitrogen and oxygen atoms in total. The molecular formula is C33H49N5O8. The zero-order valence-electron chi connectivity index (χ0n) is 27.7. The fraction of sp³-hybridized carbons (Fsp3) is 0.576. The van der Waals surface area contributed by atoms with Crippen molar-refractivity contribution in [3.63, 3.8) is 0 Å². The molecule has 0 radical (unpaired) electrons. The summed E-state index contributed by atoms with van der Waals surface area (Å²) in [5, 5.41) is 2.69. The van der Waals surface area contributed by atoms with E-state index in [2.05, 4.69) is 11.9 Å². The van der Waals surface area contributed by atoms with E-state index in [0.717, 1.165) is 5.56 Å². The third-order valence-electron chi connectivity index (χ3n) is 8.12. The van der Waals surface area contributed by atoms with E-state index in [9.17, 15) is 28.8 Å². The Balaban J connectivity index is 2.29. The molecule has 254 valence electrons. The van der Waals surface area contributed by atoms with E-state index in [-0.39, 0.29) is 38.3 Å². The second kappa shape index (κ2) is 17.4. The lowest BCUT2D eigenvalue weighted by molar-refractivity contribution is -0.157. The molecule has 5 N–H and O–H groups in total. The number of carbonyl (C=O) groups excluding carboxylic acids is 6. The first kappa shape index (κ1) is 37.9. The van der Waals surface area contributed by atoms with Gasteiger partial charge in [0.25, 0.3) is 0 Å². The SMILES string of the molecule is C=C(C)C[C@H](NC(=O)[C@@H](C)C(=O)[C@@H](N)C(C)C)C(=O)N1CCC[C@H]1C(=O)N(C)[C@@H](Cc1ccc(OC)cc1)C(=O)OCCC(N)=O. The summed E-state index contributed by atoms with van der Waals surface area (Å²) in [6.45, 7) is 10.6. The van der Waals surface area contributed by atoms with Crippen LogP contribution in [0.15, 0.2) is 36.4 Å². The van der Waals surface area contributed by atoms with Gasteiger partial charge in [-0.3, -0.25) is 24.0 Å². The number of methoxy groups -OCH3 is 1. The van der Waals surface area contributed by atoms with Crippen molar-refractivity contribution in [2.24, 2.45) is 23.3 Å². The first-order valence-electron chi connectivity index (χ1n) is 15.5. The zero-order chi connectivity index (χ0) is 34.7. The number of hydrogen-bond acceptors (Lipinski definition) is 9. The van der Waals surface area contributed by atoms with E-state index >= 15 is 0 Å². The summed E-state index contributed by atoms with van der Waals surface area (Å²) < 4.78 is 10.5. The predicted molar refractivity (Wildman–Crippen MR) is 171 cm³/mol. The average molecular weight is 644 g/mol. The molecule has 13 heteroatoms. The Morgan fingerprint density at radius 3 is 2.28 bits per heavy atom. The summed E-state index contributed by atoms with van der Waals surface area (Å²) in [4.78, 5) is 80.8. The molecule has 0 saturated carbocycles. The van der Waals surface area contributed by atoms with Crippen LogP contribution in [0.2, 0.25) is 0 Å². The van der Waals surface area contributed by atoms with Gasteiger partial charge in [-0.25, -0.2) is 4.79 Å². The number of ketones is 1. The van der Waals surface area contributed by atoms with E-state index in [1.807, 2.05) is 0 Å². The quantitative estimate of drug-likeness (QED) is 0.127. The Labute approximate surface area is 271 Å². The van der Waals surface area contributed by atoms with Crippen LogP contribution in [0, 0.1) is 11.8 Å². The van der Waals surface area contributed by atoms with Crippen molar-refractivity contribution in [1.29, 1.82) is 0 Å². The molecule has 0 unspecified atom stereocenters. The van der Waals surface area contributed by atoms with Crippen LogP contribution < -0.4 is 21.5 Å². The second-order valence-electron chi connectivity index (χ2n) is 12.2. The van der Waals surface area contributed by atoms with Gasteiger partial charge in [0.2, 0.25) is 23.6 Å². The van der Waals surface area contributed by atoms with Crippen LogP contribution in [-0.2, 0) is 39.9 Å². The Morgan fingerprint density at radius 1 is 1.11 bits per heavy atom. The van der Waals surface area contributed by atoms with Crippen LogP contribution in [0.1, 0.15) is 58.9 Å². The molecule has 1 aromatic carbocycles. The third-order valence-corrected chi connectivity index (χ3v) is 8.12. The molecule has 1 heterocycles. The van der Waals surface area contributed by atoms with E-state index in [4.69, 9.17) is 20.9 Å². The highest BCUT2D eigenvalue weighted by Crippen LogP contribution is 2.24. The lowest BCUT2D eigenvalue weighted by Gasteiger charge is -2.34. The standard InChI is InChI=1S/C33H49N5O8/c1-19(2)17-24(36-30(41)21(5)29(40)28(35)20(3)4)31(42)38-15-8-9-25(38)32(43)37(6)26(33(44)46-16-14-27(34)39)18-22-10-12-23(45-7)13-11-22/h10-13,20-21,24-26,28H,1,8-9,14-18,35H2,2-7H3,(H2,34,39)(H,36,41)/t21-,24-,25-,26-,28-/m0/s1. The van der Waals surface area contributed by atoms with Gasteiger partial charge in [-0.05, 0) is 56.7 Å². The number of primary amides is 1. The van der Waals surface area contributed by atoms with Crippen LogP contribution in [-0.4, -0.2) is 96.7 Å². The van der Waals surface area contributed by atoms with Gasteiger partial charge in [-0.2, -0.15) is 0 Å². The minimum absolute atomic E-state index is 0.0983. The van der Waals surface area contributed by atoms with Gasteiger partial charge >= 0.3 is 5.97 Å². The predicted octanol–water partition coefficient (Wildman–Crippen LogP) is 1.11. The molecule has 1 saturated heterocycles. The topological polar surface area (TPSA) is 191 Å². The number of benzene rings is 1. The minimum Gasteiger partial charge on any atom is -0.497 e. The maximum atomic E-state index is 13.9. The molecule has 4 amide bonds. The maximum Gasteiger partial charge on any atom is 0.329 e. The summed E-state index contributed by atoms with van der Waals surface area (Å²) in [6.07, 6.45) is 0.885. The second-order valence-corrected chi connectivity index (χ2v) is 12.2. The lowest BCUT2D eigenvalue weighted by Crippen LogP contribution is -2.57. The molecule has 5 atom stereocenters. The first-order valence-corrected chi connectivity index (χ1v) is 15.5. The van der Waals surface area contributed by atoms with Crippen LogP contribution in [0.25, 0.3) is 0 Å². The van der Waals surface area contributed by atoms with Gasteiger partial charge in [-0.15, -0.1) is 6.58 Å². The van der Waals surface area contributed by atoms with Crippen molar-refractivity contribution >= 4 is 35.4 Å².